The van der Waals surface area contributed by atoms with Crippen LogP contribution in [0.2, 0.25) is 25.7 Å². The predicted octanol–water partition coefficient (Wildman–Crippen LogP) is 3.95. The molecule has 0 radical (unpaired) electrons. The van der Waals surface area contributed by atoms with E-state index in [0.717, 1.165) is 11.6 Å². The summed E-state index contributed by atoms with van der Waals surface area (Å²) in [6.45, 7) is 13.4. The number of alkyl carbamates (subject to hydrolysis) is 1. The number of carbonyl (C=O) groups is 3. The maximum atomic E-state index is 13.8. The van der Waals surface area contributed by atoms with Gasteiger partial charge in [0.25, 0.3) is 0 Å². The SMILES string of the molecule is CC(C)(C)OC(=O)NC(C[C@@H]1CCNC1=O)C(=O)c1nc2ccccc2n1COCC[Si](C)(C)C. The van der Waals surface area contributed by atoms with Crippen LogP contribution in [0.3, 0.4) is 0 Å². The molecule has 2 atom stereocenters. The van der Waals surface area contributed by atoms with Crippen molar-refractivity contribution >= 4 is 36.9 Å². The Balaban J connectivity index is 1.88. The number of ketones is 1. The molecule has 1 aromatic carbocycles. The molecule has 1 fully saturated rings. The smallest absolute Gasteiger partial charge is 0.408 e. The number of nitrogens with one attached hydrogen (secondary N) is 2. The quantitative estimate of drug-likeness (QED) is 0.289. The number of amides is 2. The van der Waals surface area contributed by atoms with E-state index in [1.165, 1.54) is 0 Å². The molecule has 0 saturated carbocycles. The second-order valence-corrected chi connectivity index (χ2v) is 16.9. The summed E-state index contributed by atoms with van der Waals surface area (Å²) in [6.07, 6.45) is 0.0709. The average molecular weight is 503 g/mol. The molecule has 0 bridgehead atoms. The van der Waals surface area contributed by atoms with Gasteiger partial charge in [0.1, 0.15) is 12.3 Å². The summed E-state index contributed by atoms with van der Waals surface area (Å²) >= 11 is 0. The molecule has 192 valence electrons. The zero-order chi connectivity index (χ0) is 25.8. The summed E-state index contributed by atoms with van der Waals surface area (Å²) in [7, 11) is -1.27. The minimum Gasteiger partial charge on any atom is -0.444 e. The molecule has 1 saturated heterocycles. The Morgan fingerprint density at radius 1 is 1.26 bits per heavy atom. The van der Waals surface area contributed by atoms with Crippen molar-refractivity contribution in [3.05, 3.63) is 30.1 Å². The lowest BCUT2D eigenvalue weighted by molar-refractivity contribution is -0.122. The van der Waals surface area contributed by atoms with Crippen LogP contribution in [0.25, 0.3) is 11.0 Å². The Hall–Kier alpha value is -2.72. The number of Topliss-reactive ketones (excluding diaryl/α,β-unsaturated/α-hetero) is 1. The molecule has 2 amide bonds. The van der Waals surface area contributed by atoms with Crippen LogP contribution in [0.5, 0.6) is 0 Å². The van der Waals surface area contributed by atoms with Crippen LogP contribution in [-0.4, -0.2) is 60.2 Å². The van der Waals surface area contributed by atoms with Crippen molar-refractivity contribution in [1.29, 1.82) is 0 Å². The van der Waals surface area contributed by atoms with Crippen molar-refractivity contribution in [2.75, 3.05) is 13.2 Å². The zero-order valence-electron chi connectivity index (χ0n) is 21.6. The van der Waals surface area contributed by atoms with Gasteiger partial charge in [-0.15, -0.1) is 0 Å². The lowest BCUT2D eigenvalue weighted by Crippen LogP contribution is -2.45. The maximum absolute atomic E-state index is 13.8. The first-order valence-electron chi connectivity index (χ1n) is 12.2. The third-order valence-corrected chi connectivity index (χ3v) is 7.49. The molecule has 0 aliphatic carbocycles. The second-order valence-electron chi connectivity index (χ2n) is 11.3. The largest absolute Gasteiger partial charge is 0.444 e. The molecule has 2 heterocycles. The highest BCUT2D eigenvalue weighted by molar-refractivity contribution is 6.76. The van der Waals surface area contributed by atoms with Crippen LogP contribution >= 0.6 is 0 Å². The number of hydrogen-bond acceptors (Lipinski definition) is 6. The maximum Gasteiger partial charge on any atom is 0.408 e. The van der Waals surface area contributed by atoms with Gasteiger partial charge in [0.2, 0.25) is 11.7 Å². The van der Waals surface area contributed by atoms with Crippen LogP contribution in [0.15, 0.2) is 24.3 Å². The van der Waals surface area contributed by atoms with E-state index in [1.54, 1.807) is 25.3 Å². The van der Waals surface area contributed by atoms with Gasteiger partial charge in [0, 0.05) is 27.1 Å². The van der Waals surface area contributed by atoms with Crippen molar-refractivity contribution in [2.24, 2.45) is 5.92 Å². The van der Waals surface area contributed by atoms with Gasteiger partial charge in [-0.2, -0.15) is 0 Å². The number of fused-ring (bicyclic) bond motifs is 1. The molecule has 1 aliphatic rings. The molecule has 35 heavy (non-hydrogen) atoms. The number of aromatic nitrogens is 2. The van der Waals surface area contributed by atoms with E-state index in [-0.39, 0.29) is 36.6 Å². The fourth-order valence-corrected chi connectivity index (χ4v) is 4.68. The molecule has 1 aromatic heterocycles. The fourth-order valence-electron chi connectivity index (χ4n) is 3.92. The number of para-hydroxylation sites is 2. The van der Waals surface area contributed by atoms with E-state index in [4.69, 9.17) is 9.47 Å². The normalized spacial score (nSPS) is 17.3. The van der Waals surface area contributed by atoms with E-state index < -0.39 is 25.8 Å². The van der Waals surface area contributed by atoms with Gasteiger partial charge in [-0.25, -0.2) is 9.78 Å². The summed E-state index contributed by atoms with van der Waals surface area (Å²) in [6, 6.07) is 7.52. The minimum atomic E-state index is -1.27. The molecule has 0 spiro atoms. The molecular formula is C25H38N4O5Si. The summed E-state index contributed by atoms with van der Waals surface area (Å²) in [5.74, 6) is -0.666. The highest BCUT2D eigenvalue weighted by Gasteiger charge is 2.35. The van der Waals surface area contributed by atoms with Gasteiger partial charge >= 0.3 is 6.09 Å². The topological polar surface area (TPSA) is 112 Å². The van der Waals surface area contributed by atoms with Gasteiger partial charge < -0.3 is 20.1 Å². The van der Waals surface area contributed by atoms with Crippen molar-refractivity contribution < 1.29 is 23.9 Å². The van der Waals surface area contributed by atoms with Gasteiger partial charge in [0.15, 0.2) is 5.82 Å². The van der Waals surface area contributed by atoms with Crippen LogP contribution < -0.4 is 10.6 Å². The van der Waals surface area contributed by atoms with E-state index in [1.807, 2.05) is 24.3 Å². The predicted molar refractivity (Wildman–Crippen MR) is 137 cm³/mol. The monoisotopic (exact) mass is 502 g/mol. The van der Waals surface area contributed by atoms with E-state index in [2.05, 4.69) is 35.3 Å². The second kappa shape index (κ2) is 10.9. The minimum absolute atomic E-state index is 0.114. The van der Waals surface area contributed by atoms with Gasteiger partial charge in [-0.05, 0) is 51.8 Å². The van der Waals surface area contributed by atoms with Crippen molar-refractivity contribution in [3.63, 3.8) is 0 Å². The Bertz CT molecular complexity index is 1070. The van der Waals surface area contributed by atoms with E-state index in [0.29, 0.717) is 25.1 Å². The molecule has 10 heteroatoms. The third-order valence-electron chi connectivity index (χ3n) is 5.78. The average Bonchev–Trinajstić information content (AvgIpc) is 3.31. The van der Waals surface area contributed by atoms with Gasteiger partial charge in [-0.1, -0.05) is 31.8 Å². The Morgan fingerprint density at radius 3 is 2.60 bits per heavy atom. The van der Waals surface area contributed by atoms with Crippen LogP contribution in [-0.2, 0) is 21.0 Å². The fraction of sp³-hybridized carbons (Fsp3) is 0.600. The third kappa shape index (κ3) is 7.63. The van der Waals surface area contributed by atoms with Crippen LogP contribution in [0, 0.1) is 5.92 Å². The number of rotatable bonds is 10. The lowest BCUT2D eigenvalue weighted by atomic mass is 9.95. The van der Waals surface area contributed by atoms with Crippen molar-refractivity contribution in [1.82, 2.24) is 20.2 Å². The molecule has 9 nitrogen and oxygen atoms in total. The van der Waals surface area contributed by atoms with Gasteiger partial charge in [0.05, 0.1) is 17.1 Å². The highest BCUT2D eigenvalue weighted by atomic mass is 28.3. The first-order chi connectivity index (χ1) is 16.3. The first kappa shape index (κ1) is 26.9. The van der Waals surface area contributed by atoms with E-state index in [9.17, 15) is 14.4 Å². The highest BCUT2D eigenvalue weighted by Crippen LogP contribution is 2.22. The Labute approximate surface area is 208 Å². The lowest BCUT2D eigenvalue weighted by Gasteiger charge is -2.24. The number of ether oxygens (including phenoxy) is 2. The molecule has 1 unspecified atom stereocenters. The zero-order valence-corrected chi connectivity index (χ0v) is 22.6. The Kier molecular flexibility index (Phi) is 8.37. The number of nitrogens with zero attached hydrogens (tertiary/aromatic N) is 2. The number of carbonyl (C=O) groups excluding carboxylic acids is 3. The summed E-state index contributed by atoms with van der Waals surface area (Å²) in [4.78, 5) is 43.2. The number of imidazole rings is 1. The summed E-state index contributed by atoms with van der Waals surface area (Å²) in [5.41, 5.74) is 0.720. The molecular weight excluding hydrogens is 464 g/mol. The molecule has 2 N–H and O–H groups in total. The first-order valence-corrected chi connectivity index (χ1v) is 15.9. The molecule has 1 aliphatic heterocycles. The molecule has 2 aromatic rings. The number of benzene rings is 1. The van der Waals surface area contributed by atoms with Gasteiger partial charge in [-0.3, -0.25) is 14.2 Å². The van der Waals surface area contributed by atoms with Crippen molar-refractivity contribution in [2.45, 2.75) is 77.7 Å². The summed E-state index contributed by atoms with van der Waals surface area (Å²) in [5, 5.41) is 5.49. The van der Waals surface area contributed by atoms with Crippen molar-refractivity contribution in [3.8, 4) is 0 Å². The standard InChI is InChI=1S/C25H38N4O5Si/c1-25(2,3)34-24(32)28-19(15-17-11-12-26-23(17)31)21(30)22-27-18-9-7-8-10-20(18)29(22)16-33-13-14-35(4,5)6/h7-10,17,19H,11-16H2,1-6H3,(H,26,31)(H,28,32)/t17-,19?/m0/s1. The number of hydrogen-bond donors (Lipinski definition) is 2. The molecule has 3 rings (SSSR count). The van der Waals surface area contributed by atoms with Crippen LogP contribution in [0.4, 0.5) is 4.79 Å². The summed E-state index contributed by atoms with van der Waals surface area (Å²) < 4.78 is 13.1. The van der Waals surface area contributed by atoms with E-state index >= 15 is 0 Å². The Morgan fingerprint density at radius 2 is 1.97 bits per heavy atom. The van der Waals surface area contributed by atoms with Crippen LogP contribution in [0.1, 0.15) is 44.2 Å².